The molecule has 5 nitrogen and oxygen atoms in total. The van der Waals surface area contributed by atoms with Gasteiger partial charge in [0.05, 0.1) is 12.7 Å². The molecule has 0 saturated carbocycles. The third kappa shape index (κ3) is 3.70. The molecular formula is C12H15F3N3O2+. The molecule has 1 rings (SSSR count). The Morgan fingerprint density at radius 3 is 2.45 bits per heavy atom. The first-order valence-electron chi connectivity index (χ1n) is 5.79. The average molecular weight is 290 g/mol. The SMILES string of the molecule is C[C@H](C(N)=O)[NH+](C)CC(=O)Nc1ccc(F)c(F)c1F. The zero-order valence-electron chi connectivity index (χ0n) is 11.0. The van der Waals surface area contributed by atoms with Crippen LogP contribution in [0.1, 0.15) is 6.92 Å². The van der Waals surface area contributed by atoms with Gasteiger partial charge in [-0.05, 0) is 19.1 Å². The summed E-state index contributed by atoms with van der Waals surface area (Å²) in [6.45, 7) is 1.35. The fourth-order valence-corrected chi connectivity index (χ4v) is 1.47. The van der Waals surface area contributed by atoms with Gasteiger partial charge < -0.3 is 16.0 Å². The normalized spacial score (nSPS) is 13.7. The molecule has 0 spiro atoms. The predicted octanol–water partition coefficient (Wildman–Crippen LogP) is -0.569. The minimum Gasteiger partial charge on any atom is -0.365 e. The summed E-state index contributed by atoms with van der Waals surface area (Å²) in [6, 6.07) is 1.00. The summed E-state index contributed by atoms with van der Waals surface area (Å²) in [7, 11) is 1.55. The number of carbonyl (C=O) groups excluding carboxylic acids is 2. The molecular weight excluding hydrogens is 275 g/mol. The van der Waals surface area contributed by atoms with Crippen LogP contribution in [0.25, 0.3) is 0 Å². The second-order valence-electron chi connectivity index (χ2n) is 4.42. The summed E-state index contributed by atoms with van der Waals surface area (Å²) in [4.78, 5) is 23.1. The quantitative estimate of drug-likeness (QED) is 0.635. The van der Waals surface area contributed by atoms with Gasteiger partial charge in [-0.2, -0.15) is 0 Å². The minimum absolute atomic E-state index is 0.178. The summed E-state index contributed by atoms with van der Waals surface area (Å²) < 4.78 is 39.0. The van der Waals surface area contributed by atoms with E-state index in [1.807, 2.05) is 0 Å². The van der Waals surface area contributed by atoms with E-state index in [2.05, 4.69) is 5.32 Å². The first-order valence-corrected chi connectivity index (χ1v) is 5.79. The summed E-state index contributed by atoms with van der Waals surface area (Å²) >= 11 is 0. The van der Waals surface area contributed by atoms with E-state index in [0.29, 0.717) is 11.0 Å². The van der Waals surface area contributed by atoms with E-state index in [1.54, 1.807) is 7.05 Å². The molecule has 0 aliphatic rings. The average Bonchev–Trinajstić information content (AvgIpc) is 2.38. The van der Waals surface area contributed by atoms with Crippen molar-refractivity contribution in [2.45, 2.75) is 13.0 Å². The van der Waals surface area contributed by atoms with E-state index in [1.165, 1.54) is 6.92 Å². The number of benzene rings is 1. The van der Waals surface area contributed by atoms with Crippen LogP contribution in [0.4, 0.5) is 18.9 Å². The van der Waals surface area contributed by atoms with E-state index >= 15 is 0 Å². The number of amides is 2. The Labute approximate surface area is 113 Å². The van der Waals surface area contributed by atoms with Crippen LogP contribution in [0, 0.1) is 17.5 Å². The van der Waals surface area contributed by atoms with Gasteiger partial charge in [0.1, 0.15) is 0 Å². The molecule has 110 valence electrons. The fourth-order valence-electron chi connectivity index (χ4n) is 1.47. The van der Waals surface area contributed by atoms with Crippen molar-refractivity contribution in [2.75, 3.05) is 18.9 Å². The third-order valence-electron chi connectivity index (χ3n) is 2.91. The molecule has 0 aliphatic carbocycles. The number of anilines is 1. The number of quaternary nitrogens is 1. The van der Waals surface area contributed by atoms with Gasteiger partial charge in [-0.15, -0.1) is 0 Å². The molecule has 1 aromatic rings. The number of hydrogen-bond acceptors (Lipinski definition) is 2. The van der Waals surface area contributed by atoms with Crippen molar-refractivity contribution in [1.29, 1.82) is 0 Å². The van der Waals surface area contributed by atoms with E-state index in [0.717, 1.165) is 6.07 Å². The smallest absolute Gasteiger partial charge is 0.279 e. The molecule has 0 aliphatic heterocycles. The lowest BCUT2D eigenvalue weighted by molar-refractivity contribution is -0.885. The van der Waals surface area contributed by atoms with Crippen molar-refractivity contribution in [3.8, 4) is 0 Å². The number of primary amides is 1. The van der Waals surface area contributed by atoms with Gasteiger partial charge in [-0.25, -0.2) is 13.2 Å². The molecule has 0 heterocycles. The Balaban J connectivity index is 2.73. The molecule has 2 amide bonds. The van der Waals surface area contributed by atoms with E-state index < -0.39 is 41.0 Å². The maximum Gasteiger partial charge on any atom is 0.279 e. The molecule has 20 heavy (non-hydrogen) atoms. The van der Waals surface area contributed by atoms with E-state index in [4.69, 9.17) is 5.73 Å². The number of hydrogen-bond donors (Lipinski definition) is 3. The van der Waals surface area contributed by atoms with Gasteiger partial charge in [0.15, 0.2) is 30.0 Å². The highest BCUT2D eigenvalue weighted by Crippen LogP contribution is 2.19. The van der Waals surface area contributed by atoms with Crippen LogP contribution < -0.4 is 16.0 Å². The highest BCUT2D eigenvalue weighted by atomic mass is 19.2. The molecule has 1 unspecified atom stereocenters. The fraction of sp³-hybridized carbons (Fsp3) is 0.333. The molecule has 0 radical (unpaired) electrons. The summed E-state index contributed by atoms with van der Waals surface area (Å²) in [5, 5.41) is 2.11. The summed E-state index contributed by atoms with van der Waals surface area (Å²) in [5.74, 6) is -5.71. The molecule has 0 aromatic heterocycles. The Morgan fingerprint density at radius 1 is 1.30 bits per heavy atom. The van der Waals surface area contributed by atoms with Crippen molar-refractivity contribution in [2.24, 2.45) is 5.73 Å². The van der Waals surface area contributed by atoms with Crippen molar-refractivity contribution >= 4 is 17.5 Å². The number of nitrogens with one attached hydrogen (secondary N) is 2. The Kier molecular flexibility index (Phi) is 5.09. The van der Waals surface area contributed by atoms with Crippen LogP contribution in [-0.4, -0.2) is 31.4 Å². The maximum atomic E-state index is 13.3. The van der Waals surface area contributed by atoms with Crippen LogP contribution in [0.15, 0.2) is 12.1 Å². The number of likely N-dealkylation sites (N-methyl/N-ethyl adjacent to an activating group) is 1. The summed E-state index contributed by atoms with van der Waals surface area (Å²) in [6.07, 6.45) is 0. The lowest BCUT2D eigenvalue weighted by atomic mass is 10.2. The number of halogens is 3. The number of carbonyl (C=O) groups is 2. The topological polar surface area (TPSA) is 76.6 Å². The lowest BCUT2D eigenvalue weighted by Gasteiger charge is -2.18. The minimum atomic E-state index is -1.66. The molecule has 0 saturated heterocycles. The number of nitrogens with two attached hydrogens (primary N) is 1. The van der Waals surface area contributed by atoms with Gasteiger partial charge in [0, 0.05) is 0 Å². The predicted molar refractivity (Wildman–Crippen MR) is 65.4 cm³/mol. The van der Waals surface area contributed by atoms with Gasteiger partial charge in [-0.1, -0.05) is 0 Å². The highest BCUT2D eigenvalue weighted by molar-refractivity contribution is 5.91. The Bertz CT molecular complexity index is 537. The molecule has 4 N–H and O–H groups in total. The molecule has 1 aromatic carbocycles. The first-order chi connectivity index (χ1) is 9.23. The van der Waals surface area contributed by atoms with E-state index in [9.17, 15) is 22.8 Å². The molecule has 0 bridgehead atoms. The Morgan fingerprint density at radius 2 is 1.90 bits per heavy atom. The van der Waals surface area contributed by atoms with Crippen LogP contribution in [0.2, 0.25) is 0 Å². The maximum absolute atomic E-state index is 13.3. The standard InChI is InChI=1S/C12H14F3N3O2/c1-6(12(16)20)18(2)5-9(19)17-8-4-3-7(13)10(14)11(8)15/h3-4,6H,5H2,1-2H3,(H2,16,20)(H,17,19)/p+1/t6-/m1/s1. The molecule has 0 fully saturated rings. The monoisotopic (exact) mass is 290 g/mol. The van der Waals surface area contributed by atoms with Gasteiger partial charge >= 0.3 is 0 Å². The van der Waals surface area contributed by atoms with Crippen LogP contribution >= 0.6 is 0 Å². The lowest BCUT2D eigenvalue weighted by Crippen LogP contribution is -3.15. The van der Waals surface area contributed by atoms with Crippen molar-refractivity contribution in [1.82, 2.24) is 0 Å². The second-order valence-corrected chi connectivity index (χ2v) is 4.42. The second kappa shape index (κ2) is 6.38. The van der Waals surface area contributed by atoms with Crippen molar-refractivity contribution in [3.63, 3.8) is 0 Å². The molecule has 2 atom stereocenters. The van der Waals surface area contributed by atoms with Crippen molar-refractivity contribution < 1.29 is 27.7 Å². The van der Waals surface area contributed by atoms with Crippen LogP contribution in [0.3, 0.4) is 0 Å². The third-order valence-corrected chi connectivity index (χ3v) is 2.91. The first kappa shape index (κ1) is 16.0. The number of rotatable bonds is 5. The Hall–Kier alpha value is -2.09. The summed E-state index contributed by atoms with van der Waals surface area (Å²) in [5.41, 5.74) is 4.62. The van der Waals surface area contributed by atoms with Gasteiger partial charge in [0.25, 0.3) is 11.8 Å². The zero-order valence-corrected chi connectivity index (χ0v) is 11.0. The van der Waals surface area contributed by atoms with E-state index in [-0.39, 0.29) is 6.54 Å². The highest BCUT2D eigenvalue weighted by Gasteiger charge is 2.22. The molecule has 8 heteroatoms. The van der Waals surface area contributed by atoms with Crippen molar-refractivity contribution in [3.05, 3.63) is 29.6 Å². The van der Waals surface area contributed by atoms with Crippen LogP contribution in [0.5, 0.6) is 0 Å². The van der Waals surface area contributed by atoms with Crippen LogP contribution in [-0.2, 0) is 9.59 Å². The van der Waals surface area contributed by atoms with Gasteiger partial charge in [0.2, 0.25) is 0 Å². The van der Waals surface area contributed by atoms with Gasteiger partial charge in [-0.3, -0.25) is 9.59 Å². The zero-order chi connectivity index (χ0) is 15.4. The largest absolute Gasteiger partial charge is 0.365 e.